The van der Waals surface area contributed by atoms with E-state index in [0.29, 0.717) is 12.8 Å². The van der Waals surface area contributed by atoms with E-state index in [9.17, 15) is 22.0 Å². The van der Waals surface area contributed by atoms with Gasteiger partial charge in [-0.3, -0.25) is 4.39 Å². The number of nitrogens with zero attached hydrogens (tertiary/aromatic N) is 1. The highest BCUT2D eigenvalue weighted by Gasteiger charge is 2.26. The molecule has 0 saturated carbocycles. The van der Waals surface area contributed by atoms with E-state index in [2.05, 4.69) is 0 Å². The summed E-state index contributed by atoms with van der Waals surface area (Å²) < 4.78 is 70.6. The lowest BCUT2D eigenvalue weighted by Gasteiger charge is -2.10. The topological polar surface area (TPSA) is 33.0 Å². The number of halogens is 5. The zero-order valence-electron chi connectivity index (χ0n) is 13.3. The highest BCUT2D eigenvalue weighted by molar-refractivity contribution is 5.40. The summed E-state index contributed by atoms with van der Waals surface area (Å²) in [5.41, 5.74) is -1.30. The van der Waals surface area contributed by atoms with Gasteiger partial charge in [0, 0.05) is 0 Å². The summed E-state index contributed by atoms with van der Waals surface area (Å²) in [6, 6.07) is 1.07. The molecule has 0 heterocycles. The first-order chi connectivity index (χ1) is 11.5. The minimum atomic E-state index is -1.75. The number of benzene rings is 1. The summed E-state index contributed by atoms with van der Waals surface area (Å²) in [6.45, 7) is -0.374. The molecule has 0 N–H and O–H groups in total. The maximum Gasteiger partial charge on any atom is 0.205 e. The Morgan fingerprint density at radius 1 is 0.708 bits per heavy atom. The van der Waals surface area contributed by atoms with Gasteiger partial charge in [-0.25, -0.2) is 8.78 Å². The molecule has 1 rings (SSSR count). The number of alkyl halides is 1. The van der Waals surface area contributed by atoms with E-state index >= 15 is 0 Å². The molecule has 0 aliphatic rings. The third-order valence-electron chi connectivity index (χ3n) is 3.61. The minimum absolute atomic E-state index is 0.0829. The molecule has 0 aliphatic heterocycles. The zero-order valence-corrected chi connectivity index (χ0v) is 13.3. The van der Waals surface area contributed by atoms with Gasteiger partial charge in [0.1, 0.15) is 11.6 Å². The first-order valence-electron chi connectivity index (χ1n) is 7.99. The molecule has 0 radical (unpaired) electrons. The van der Waals surface area contributed by atoms with Gasteiger partial charge < -0.3 is 4.74 Å². The SMILES string of the molecule is N#Cc1c(F)c(F)c(OCCCCCCCCCCF)c(F)c1F. The van der Waals surface area contributed by atoms with Gasteiger partial charge >= 0.3 is 0 Å². The Bertz CT molecular complexity index is 542. The summed E-state index contributed by atoms with van der Waals surface area (Å²) in [5, 5.41) is 8.48. The number of hydrogen-bond donors (Lipinski definition) is 0. The Morgan fingerprint density at radius 2 is 1.17 bits per heavy atom. The van der Waals surface area contributed by atoms with Crippen molar-refractivity contribution < 1.29 is 26.7 Å². The molecule has 0 spiro atoms. The normalized spacial score (nSPS) is 10.7. The number of hydrogen-bond acceptors (Lipinski definition) is 2. The van der Waals surface area contributed by atoms with Crippen molar-refractivity contribution >= 4 is 0 Å². The lowest BCUT2D eigenvalue weighted by molar-refractivity contribution is 0.263. The van der Waals surface area contributed by atoms with Crippen LogP contribution < -0.4 is 4.74 Å². The molecule has 0 saturated heterocycles. The Hall–Kier alpha value is -1.84. The minimum Gasteiger partial charge on any atom is -0.487 e. The maximum atomic E-state index is 13.6. The summed E-state index contributed by atoms with van der Waals surface area (Å²) in [5.74, 6) is -8.02. The van der Waals surface area contributed by atoms with Crippen LogP contribution in [0.1, 0.15) is 56.9 Å². The van der Waals surface area contributed by atoms with Crippen LogP contribution in [-0.2, 0) is 0 Å². The lowest BCUT2D eigenvalue weighted by atomic mass is 10.1. The van der Waals surface area contributed by atoms with Crippen molar-refractivity contribution in [3.8, 4) is 11.8 Å². The number of unbranched alkanes of at least 4 members (excludes halogenated alkanes) is 7. The van der Waals surface area contributed by atoms with E-state index in [0.717, 1.165) is 44.6 Å². The van der Waals surface area contributed by atoms with Gasteiger partial charge in [0.25, 0.3) is 0 Å². The van der Waals surface area contributed by atoms with Gasteiger partial charge in [0.2, 0.25) is 11.6 Å². The summed E-state index contributed by atoms with van der Waals surface area (Å²) in [7, 11) is 0. The van der Waals surface area contributed by atoms with Gasteiger partial charge in [-0.05, 0) is 12.8 Å². The molecular weight excluding hydrogens is 329 g/mol. The van der Waals surface area contributed by atoms with Crippen LogP contribution in [0.5, 0.6) is 5.75 Å². The maximum absolute atomic E-state index is 13.6. The van der Waals surface area contributed by atoms with E-state index in [4.69, 9.17) is 10.00 Å². The molecular formula is C17H20F5NO. The Morgan fingerprint density at radius 3 is 1.62 bits per heavy atom. The fraction of sp³-hybridized carbons (Fsp3) is 0.588. The quantitative estimate of drug-likeness (QED) is 0.297. The van der Waals surface area contributed by atoms with Gasteiger partial charge in [-0.1, -0.05) is 38.5 Å². The van der Waals surface area contributed by atoms with Crippen LogP contribution in [0.25, 0.3) is 0 Å². The predicted octanol–water partition coefficient (Wildman–Crippen LogP) is 5.58. The highest BCUT2D eigenvalue weighted by atomic mass is 19.2. The average Bonchev–Trinajstić information content (AvgIpc) is 2.58. The molecule has 0 unspecified atom stereocenters. The van der Waals surface area contributed by atoms with Gasteiger partial charge in [-0.2, -0.15) is 14.0 Å². The van der Waals surface area contributed by atoms with Crippen LogP contribution in [0, 0.1) is 34.6 Å². The van der Waals surface area contributed by atoms with Crippen molar-refractivity contribution in [2.45, 2.75) is 51.4 Å². The first kappa shape index (κ1) is 20.2. The molecule has 24 heavy (non-hydrogen) atoms. The fourth-order valence-corrected chi connectivity index (χ4v) is 2.27. The van der Waals surface area contributed by atoms with Crippen LogP contribution in [0.15, 0.2) is 0 Å². The van der Waals surface area contributed by atoms with Crippen LogP contribution >= 0.6 is 0 Å². The standard InChI is InChI=1S/C17H20F5NO/c18-9-7-5-3-1-2-4-6-8-10-24-17-15(21)13(19)12(11-23)14(20)16(17)22/h1-10H2. The van der Waals surface area contributed by atoms with Crippen molar-refractivity contribution in [2.24, 2.45) is 0 Å². The summed E-state index contributed by atoms with van der Waals surface area (Å²) in [6.07, 6.45) is 6.50. The molecule has 0 amide bonds. The van der Waals surface area contributed by atoms with E-state index in [1.165, 1.54) is 0 Å². The molecule has 1 aromatic rings. The molecule has 0 atom stereocenters. The Balaban J connectivity index is 2.35. The Kier molecular flexibility index (Phi) is 9.13. The Labute approximate surface area is 138 Å². The molecule has 134 valence electrons. The largest absolute Gasteiger partial charge is 0.487 e. The third kappa shape index (κ3) is 5.66. The number of nitriles is 1. The van der Waals surface area contributed by atoms with Crippen molar-refractivity contribution in [3.63, 3.8) is 0 Å². The second-order valence-corrected chi connectivity index (χ2v) is 5.44. The van der Waals surface area contributed by atoms with Gasteiger partial charge in [-0.15, -0.1) is 0 Å². The molecule has 0 bridgehead atoms. The molecule has 0 aliphatic carbocycles. The highest BCUT2D eigenvalue weighted by Crippen LogP contribution is 2.29. The monoisotopic (exact) mass is 349 g/mol. The first-order valence-corrected chi connectivity index (χ1v) is 7.99. The van der Waals surface area contributed by atoms with E-state index in [1.807, 2.05) is 0 Å². The van der Waals surface area contributed by atoms with Crippen LogP contribution in [0.4, 0.5) is 22.0 Å². The van der Waals surface area contributed by atoms with E-state index in [-0.39, 0.29) is 13.3 Å². The van der Waals surface area contributed by atoms with Crippen LogP contribution in [-0.4, -0.2) is 13.3 Å². The third-order valence-corrected chi connectivity index (χ3v) is 3.61. The summed E-state index contributed by atoms with van der Waals surface area (Å²) in [4.78, 5) is 0. The smallest absolute Gasteiger partial charge is 0.205 e. The van der Waals surface area contributed by atoms with Crippen molar-refractivity contribution in [1.82, 2.24) is 0 Å². The molecule has 0 aromatic heterocycles. The lowest BCUT2D eigenvalue weighted by Crippen LogP contribution is -2.07. The van der Waals surface area contributed by atoms with Crippen molar-refractivity contribution in [2.75, 3.05) is 13.3 Å². The van der Waals surface area contributed by atoms with Crippen LogP contribution in [0.3, 0.4) is 0 Å². The second-order valence-electron chi connectivity index (χ2n) is 5.44. The summed E-state index contributed by atoms with van der Waals surface area (Å²) >= 11 is 0. The van der Waals surface area contributed by atoms with E-state index < -0.39 is 34.6 Å². The van der Waals surface area contributed by atoms with Gasteiger partial charge in [0.15, 0.2) is 17.4 Å². The van der Waals surface area contributed by atoms with Crippen LogP contribution in [0.2, 0.25) is 0 Å². The molecule has 7 heteroatoms. The van der Waals surface area contributed by atoms with Crippen molar-refractivity contribution in [1.29, 1.82) is 5.26 Å². The average molecular weight is 349 g/mol. The molecule has 2 nitrogen and oxygen atoms in total. The number of rotatable bonds is 11. The molecule has 0 fully saturated rings. The number of ether oxygens (including phenoxy) is 1. The molecule has 1 aromatic carbocycles. The van der Waals surface area contributed by atoms with Crippen molar-refractivity contribution in [3.05, 3.63) is 28.8 Å². The van der Waals surface area contributed by atoms with E-state index in [1.54, 1.807) is 0 Å². The van der Waals surface area contributed by atoms with Gasteiger partial charge in [0.05, 0.1) is 13.3 Å². The fourth-order valence-electron chi connectivity index (χ4n) is 2.27. The second kappa shape index (κ2) is 10.8. The zero-order chi connectivity index (χ0) is 17.9. The predicted molar refractivity (Wildman–Crippen MR) is 79.4 cm³/mol.